The second-order valence-electron chi connectivity index (χ2n) is 3.88. The van der Waals surface area contributed by atoms with Crippen molar-refractivity contribution >= 4 is 22.5 Å². The summed E-state index contributed by atoms with van der Waals surface area (Å²) in [6.07, 6.45) is 0.749. The van der Waals surface area contributed by atoms with Crippen LogP contribution < -0.4 is 0 Å². The van der Waals surface area contributed by atoms with Gasteiger partial charge in [-0.1, -0.05) is 12.2 Å². The normalized spacial score (nSPS) is 25.5. The van der Waals surface area contributed by atoms with Gasteiger partial charge in [0.2, 0.25) is 0 Å². The monoisotopic (exact) mass is 235 g/mol. The third-order valence-electron chi connectivity index (χ3n) is 2.53. The lowest BCUT2D eigenvalue weighted by Gasteiger charge is -2.23. The quantitative estimate of drug-likeness (QED) is 0.572. The SMILES string of the molecule is C=C(CS)CN(C)C1CCS(=O)(=O)C1. The van der Waals surface area contributed by atoms with Crippen LogP contribution in [-0.2, 0) is 9.84 Å². The van der Waals surface area contributed by atoms with Gasteiger partial charge in [-0.2, -0.15) is 12.6 Å². The molecule has 1 aliphatic heterocycles. The van der Waals surface area contributed by atoms with Gasteiger partial charge in [-0.25, -0.2) is 8.42 Å². The highest BCUT2D eigenvalue weighted by atomic mass is 32.2. The molecule has 3 nitrogen and oxygen atoms in total. The van der Waals surface area contributed by atoms with Crippen LogP contribution >= 0.6 is 12.6 Å². The summed E-state index contributed by atoms with van der Waals surface area (Å²) in [5, 5.41) is 0. The molecule has 1 unspecified atom stereocenters. The molecule has 0 radical (unpaired) electrons. The molecule has 0 N–H and O–H groups in total. The smallest absolute Gasteiger partial charge is 0.151 e. The first-order valence-corrected chi connectivity index (χ1v) is 7.08. The highest BCUT2D eigenvalue weighted by molar-refractivity contribution is 7.91. The van der Waals surface area contributed by atoms with E-state index in [1.54, 1.807) is 0 Å². The van der Waals surface area contributed by atoms with Gasteiger partial charge in [0.1, 0.15) is 0 Å². The van der Waals surface area contributed by atoms with Crippen LogP contribution in [0.2, 0.25) is 0 Å². The lowest BCUT2D eigenvalue weighted by Crippen LogP contribution is -2.34. The minimum Gasteiger partial charge on any atom is -0.298 e. The van der Waals surface area contributed by atoms with Crippen LogP contribution in [0.5, 0.6) is 0 Å². The van der Waals surface area contributed by atoms with Crippen molar-refractivity contribution in [1.82, 2.24) is 4.90 Å². The van der Waals surface area contributed by atoms with Gasteiger partial charge >= 0.3 is 0 Å². The van der Waals surface area contributed by atoms with Crippen LogP contribution in [0.25, 0.3) is 0 Å². The first-order valence-electron chi connectivity index (χ1n) is 4.63. The molecule has 82 valence electrons. The predicted molar refractivity (Wildman–Crippen MR) is 62.7 cm³/mol. The standard InChI is InChI=1S/C9H17NO2S2/c1-8(6-13)5-10(2)9-3-4-14(11,12)7-9/h9,13H,1,3-7H2,2H3. The van der Waals surface area contributed by atoms with E-state index in [2.05, 4.69) is 24.1 Å². The number of hydrogen-bond acceptors (Lipinski definition) is 4. The first-order chi connectivity index (χ1) is 6.44. The van der Waals surface area contributed by atoms with Crippen LogP contribution in [0.15, 0.2) is 12.2 Å². The van der Waals surface area contributed by atoms with Gasteiger partial charge in [-0.3, -0.25) is 4.90 Å². The molecule has 0 spiro atoms. The maximum Gasteiger partial charge on any atom is 0.151 e. The Labute approximate surface area is 91.5 Å². The molecular weight excluding hydrogens is 218 g/mol. The minimum absolute atomic E-state index is 0.164. The van der Waals surface area contributed by atoms with Crippen molar-refractivity contribution in [2.24, 2.45) is 0 Å². The Kier molecular flexibility index (Phi) is 4.04. The predicted octanol–water partition coefficient (Wildman–Crippen LogP) is 0.591. The van der Waals surface area contributed by atoms with Crippen LogP contribution in [0.3, 0.4) is 0 Å². The molecule has 5 heteroatoms. The van der Waals surface area contributed by atoms with Gasteiger partial charge in [0.25, 0.3) is 0 Å². The first kappa shape index (κ1) is 12.1. The molecule has 0 aromatic rings. The molecule has 1 aliphatic rings. The summed E-state index contributed by atoms with van der Waals surface area (Å²) in [6.45, 7) is 4.59. The second-order valence-corrected chi connectivity index (χ2v) is 6.43. The zero-order chi connectivity index (χ0) is 10.8. The summed E-state index contributed by atoms with van der Waals surface area (Å²) in [5.74, 6) is 1.28. The molecule has 0 aromatic carbocycles. The van der Waals surface area contributed by atoms with E-state index < -0.39 is 9.84 Å². The average Bonchev–Trinajstić information content (AvgIpc) is 2.46. The Balaban J connectivity index is 2.47. The van der Waals surface area contributed by atoms with Crippen molar-refractivity contribution in [3.63, 3.8) is 0 Å². The molecular formula is C9H17NO2S2. The zero-order valence-electron chi connectivity index (χ0n) is 8.44. The van der Waals surface area contributed by atoms with E-state index >= 15 is 0 Å². The van der Waals surface area contributed by atoms with Gasteiger partial charge in [0, 0.05) is 18.3 Å². The fraction of sp³-hybridized carbons (Fsp3) is 0.778. The van der Waals surface area contributed by atoms with Gasteiger partial charge in [0.05, 0.1) is 11.5 Å². The number of thiol groups is 1. The maximum absolute atomic E-state index is 11.2. The molecule has 0 aliphatic carbocycles. The van der Waals surface area contributed by atoms with E-state index in [9.17, 15) is 8.42 Å². The Bertz CT molecular complexity index is 311. The second kappa shape index (κ2) is 4.68. The molecule has 1 heterocycles. The third-order valence-corrected chi connectivity index (χ3v) is 4.73. The molecule has 1 atom stereocenters. The van der Waals surface area contributed by atoms with Crippen LogP contribution in [-0.4, -0.2) is 50.2 Å². The van der Waals surface area contributed by atoms with Gasteiger partial charge in [0.15, 0.2) is 9.84 Å². The highest BCUT2D eigenvalue weighted by Gasteiger charge is 2.30. The number of rotatable bonds is 4. The molecule has 1 rings (SSSR count). The summed E-state index contributed by atoms with van der Waals surface area (Å²) in [7, 11) is -0.829. The van der Waals surface area contributed by atoms with E-state index in [1.165, 1.54) is 0 Å². The van der Waals surface area contributed by atoms with E-state index in [0.717, 1.165) is 18.5 Å². The summed E-state index contributed by atoms with van der Waals surface area (Å²) >= 11 is 4.12. The summed E-state index contributed by atoms with van der Waals surface area (Å²) in [5.41, 5.74) is 1.03. The van der Waals surface area contributed by atoms with E-state index in [4.69, 9.17) is 0 Å². The van der Waals surface area contributed by atoms with Crippen molar-refractivity contribution in [3.8, 4) is 0 Å². The largest absolute Gasteiger partial charge is 0.298 e. The topological polar surface area (TPSA) is 37.4 Å². The lowest BCUT2D eigenvalue weighted by atomic mass is 10.2. The number of sulfone groups is 1. The Hall–Kier alpha value is -0.0000000000000000555. The van der Waals surface area contributed by atoms with Crippen LogP contribution in [0.4, 0.5) is 0 Å². The summed E-state index contributed by atoms with van der Waals surface area (Å²) in [4.78, 5) is 2.06. The average molecular weight is 235 g/mol. The van der Waals surface area contributed by atoms with E-state index in [1.807, 2.05) is 7.05 Å². The van der Waals surface area contributed by atoms with Crippen LogP contribution in [0.1, 0.15) is 6.42 Å². The lowest BCUT2D eigenvalue weighted by molar-refractivity contribution is 0.284. The van der Waals surface area contributed by atoms with Crippen molar-refractivity contribution < 1.29 is 8.42 Å². The molecule has 0 bridgehead atoms. The Morgan fingerprint density at radius 2 is 2.29 bits per heavy atom. The van der Waals surface area contributed by atoms with Crippen molar-refractivity contribution in [2.45, 2.75) is 12.5 Å². The Morgan fingerprint density at radius 1 is 1.64 bits per heavy atom. The highest BCUT2D eigenvalue weighted by Crippen LogP contribution is 2.17. The van der Waals surface area contributed by atoms with E-state index in [0.29, 0.717) is 17.3 Å². The number of hydrogen-bond donors (Lipinski definition) is 1. The van der Waals surface area contributed by atoms with Crippen LogP contribution in [0, 0.1) is 0 Å². The third kappa shape index (κ3) is 3.29. The fourth-order valence-electron chi connectivity index (χ4n) is 1.65. The molecule has 0 aromatic heterocycles. The molecule has 0 saturated carbocycles. The van der Waals surface area contributed by atoms with Gasteiger partial charge < -0.3 is 0 Å². The molecule has 0 amide bonds. The van der Waals surface area contributed by atoms with Gasteiger partial charge in [-0.05, 0) is 13.5 Å². The zero-order valence-corrected chi connectivity index (χ0v) is 10.2. The fourth-order valence-corrected chi connectivity index (χ4v) is 3.56. The number of nitrogens with zero attached hydrogens (tertiary/aromatic N) is 1. The van der Waals surface area contributed by atoms with Crippen molar-refractivity contribution in [3.05, 3.63) is 12.2 Å². The molecule has 14 heavy (non-hydrogen) atoms. The summed E-state index contributed by atoms with van der Waals surface area (Å²) in [6, 6.07) is 0.164. The van der Waals surface area contributed by atoms with Crippen molar-refractivity contribution in [2.75, 3.05) is 30.9 Å². The molecule has 1 fully saturated rings. The minimum atomic E-state index is -2.77. The summed E-state index contributed by atoms with van der Waals surface area (Å²) < 4.78 is 22.5. The van der Waals surface area contributed by atoms with Crippen molar-refractivity contribution in [1.29, 1.82) is 0 Å². The number of likely N-dealkylation sites (N-methyl/N-ethyl adjacent to an activating group) is 1. The Morgan fingerprint density at radius 3 is 2.71 bits per heavy atom. The van der Waals surface area contributed by atoms with E-state index in [-0.39, 0.29) is 6.04 Å². The molecule has 1 saturated heterocycles. The maximum atomic E-state index is 11.2. The van der Waals surface area contributed by atoms with Gasteiger partial charge in [-0.15, -0.1) is 0 Å².